The van der Waals surface area contributed by atoms with Crippen LogP contribution in [0.3, 0.4) is 0 Å². The fourth-order valence-electron chi connectivity index (χ4n) is 1.55. The molecule has 0 saturated heterocycles. The lowest BCUT2D eigenvalue weighted by atomic mass is 10.1. The van der Waals surface area contributed by atoms with Crippen molar-refractivity contribution in [2.45, 2.75) is 25.5 Å². The lowest BCUT2D eigenvalue weighted by Crippen LogP contribution is -2.38. The number of carbonyl (C=O) groups excluding carboxylic acids is 1. The Morgan fingerprint density at radius 3 is 2.42 bits per heavy atom. The zero-order chi connectivity index (χ0) is 14.6. The Morgan fingerprint density at radius 2 is 1.95 bits per heavy atom. The first-order chi connectivity index (χ1) is 8.86. The number of nitriles is 1. The molecule has 0 bridgehead atoms. The molecule has 0 spiro atoms. The quantitative estimate of drug-likeness (QED) is 0.930. The summed E-state index contributed by atoms with van der Waals surface area (Å²) in [5.74, 6) is -0.499. The fourth-order valence-corrected chi connectivity index (χ4v) is 2.10. The van der Waals surface area contributed by atoms with Gasteiger partial charge in [-0.2, -0.15) is 5.26 Å². The molecular weight excluding hydrogens is 287 g/mol. The highest BCUT2D eigenvalue weighted by Gasteiger charge is 2.24. The van der Waals surface area contributed by atoms with Gasteiger partial charge in [0.05, 0.1) is 12.5 Å². The maximum absolute atomic E-state index is 12.1. The summed E-state index contributed by atoms with van der Waals surface area (Å²) in [6.45, 7) is 1.73. The van der Waals surface area contributed by atoms with Crippen molar-refractivity contribution in [2.75, 3.05) is 7.05 Å². The van der Waals surface area contributed by atoms with E-state index in [9.17, 15) is 9.90 Å². The van der Waals surface area contributed by atoms with Crippen LogP contribution >= 0.6 is 23.2 Å². The summed E-state index contributed by atoms with van der Waals surface area (Å²) in [6, 6.07) is 6.20. The van der Waals surface area contributed by atoms with Crippen molar-refractivity contribution in [3.8, 4) is 6.07 Å². The fraction of sp³-hybridized carbons (Fsp3) is 0.385. The molecule has 0 aromatic heterocycles. The summed E-state index contributed by atoms with van der Waals surface area (Å²) >= 11 is 11.7. The van der Waals surface area contributed by atoms with Crippen molar-refractivity contribution in [1.29, 1.82) is 5.26 Å². The van der Waals surface area contributed by atoms with Gasteiger partial charge in [0.25, 0.3) is 5.91 Å². The molecule has 2 atom stereocenters. The Bertz CT molecular complexity index is 494. The van der Waals surface area contributed by atoms with Crippen LogP contribution < -0.4 is 0 Å². The van der Waals surface area contributed by atoms with Crippen LogP contribution in [-0.4, -0.2) is 29.0 Å². The van der Waals surface area contributed by atoms with Gasteiger partial charge in [0.1, 0.15) is 0 Å². The second kappa shape index (κ2) is 6.76. The second-order valence-corrected chi connectivity index (χ2v) is 5.14. The Labute approximate surface area is 122 Å². The van der Waals surface area contributed by atoms with Crippen LogP contribution in [-0.2, 0) is 4.79 Å². The molecule has 102 valence electrons. The number of hydrogen-bond donors (Lipinski definition) is 1. The molecule has 0 aliphatic heterocycles. The number of aliphatic hydroxyl groups excluding tert-OH is 1. The standard InChI is InChI=1S/C13H14Cl2N2O2/c1-8(3-4-16)17(2)13(19)12(18)9-5-10(14)7-11(15)6-9/h5-8,12,18H,3H2,1-2H3. The summed E-state index contributed by atoms with van der Waals surface area (Å²) in [7, 11) is 1.54. The average Bonchev–Trinajstić information content (AvgIpc) is 2.35. The maximum Gasteiger partial charge on any atom is 0.256 e. The molecule has 1 aromatic carbocycles. The summed E-state index contributed by atoms with van der Waals surface area (Å²) in [4.78, 5) is 13.4. The molecule has 0 aliphatic carbocycles. The van der Waals surface area contributed by atoms with Crippen molar-refractivity contribution < 1.29 is 9.90 Å². The number of amides is 1. The average molecular weight is 301 g/mol. The first-order valence-electron chi connectivity index (χ1n) is 5.64. The van der Waals surface area contributed by atoms with E-state index >= 15 is 0 Å². The molecule has 4 nitrogen and oxygen atoms in total. The number of likely N-dealkylation sites (N-methyl/N-ethyl adjacent to an activating group) is 1. The van der Waals surface area contributed by atoms with Gasteiger partial charge < -0.3 is 10.0 Å². The molecule has 0 fully saturated rings. The van der Waals surface area contributed by atoms with Gasteiger partial charge in [0.15, 0.2) is 6.10 Å². The largest absolute Gasteiger partial charge is 0.378 e. The lowest BCUT2D eigenvalue weighted by Gasteiger charge is -2.25. The number of aliphatic hydroxyl groups is 1. The Morgan fingerprint density at radius 1 is 1.42 bits per heavy atom. The molecular formula is C13H14Cl2N2O2. The Kier molecular flexibility index (Phi) is 5.61. The van der Waals surface area contributed by atoms with Gasteiger partial charge in [-0.3, -0.25) is 4.79 Å². The summed E-state index contributed by atoms with van der Waals surface area (Å²) in [5.41, 5.74) is 0.332. The van der Waals surface area contributed by atoms with Gasteiger partial charge in [-0.25, -0.2) is 0 Å². The SMILES string of the molecule is CC(CC#N)N(C)C(=O)C(O)c1cc(Cl)cc(Cl)c1. The summed E-state index contributed by atoms with van der Waals surface area (Å²) in [6.07, 6.45) is -1.15. The number of carbonyl (C=O) groups is 1. The number of benzene rings is 1. The molecule has 0 saturated carbocycles. The van der Waals surface area contributed by atoms with Crippen LogP contribution in [0.25, 0.3) is 0 Å². The van der Waals surface area contributed by atoms with Crippen LogP contribution in [0.4, 0.5) is 0 Å². The van der Waals surface area contributed by atoms with E-state index in [0.717, 1.165) is 0 Å². The van der Waals surface area contributed by atoms with Crippen LogP contribution in [0.2, 0.25) is 10.0 Å². The van der Waals surface area contributed by atoms with Crippen molar-refractivity contribution >= 4 is 29.1 Å². The van der Waals surface area contributed by atoms with Crippen molar-refractivity contribution in [3.05, 3.63) is 33.8 Å². The molecule has 1 N–H and O–H groups in total. The van der Waals surface area contributed by atoms with Crippen molar-refractivity contribution in [1.82, 2.24) is 4.90 Å². The predicted octanol–water partition coefficient (Wildman–Crippen LogP) is 2.79. The normalized spacial score (nSPS) is 13.5. The van der Waals surface area contributed by atoms with Gasteiger partial charge in [-0.05, 0) is 30.7 Å². The number of nitrogens with zero attached hydrogens (tertiary/aromatic N) is 2. The van der Waals surface area contributed by atoms with E-state index in [4.69, 9.17) is 28.5 Å². The van der Waals surface area contributed by atoms with Gasteiger partial charge in [-0.1, -0.05) is 23.2 Å². The molecule has 6 heteroatoms. The zero-order valence-corrected chi connectivity index (χ0v) is 12.1. The third-order valence-electron chi connectivity index (χ3n) is 2.83. The van der Waals surface area contributed by atoms with E-state index < -0.39 is 12.0 Å². The van der Waals surface area contributed by atoms with Crippen molar-refractivity contribution in [2.24, 2.45) is 0 Å². The third-order valence-corrected chi connectivity index (χ3v) is 3.27. The maximum atomic E-state index is 12.1. The third kappa shape index (κ3) is 4.10. The first kappa shape index (κ1) is 15.8. The second-order valence-electron chi connectivity index (χ2n) is 4.27. The highest BCUT2D eigenvalue weighted by Crippen LogP contribution is 2.25. The highest BCUT2D eigenvalue weighted by atomic mass is 35.5. The summed E-state index contributed by atoms with van der Waals surface area (Å²) in [5, 5.41) is 19.3. The van der Waals surface area contributed by atoms with E-state index in [-0.39, 0.29) is 12.5 Å². The Balaban J connectivity index is 2.90. The topological polar surface area (TPSA) is 64.3 Å². The number of hydrogen-bond acceptors (Lipinski definition) is 3. The monoisotopic (exact) mass is 300 g/mol. The van der Waals surface area contributed by atoms with E-state index in [1.54, 1.807) is 14.0 Å². The van der Waals surface area contributed by atoms with E-state index in [1.807, 2.05) is 6.07 Å². The lowest BCUT2D eigenvalue weighted by molar-refractivity contribution is -0.140. The smallest absolute Gasteiger partial charge is 0.256 e. The molecule has 0 heterocycles. The molecule has 1 amide bonds. The first-order valence-corrected chi connectivity index (χ1v) is 6.40. The van der Waals surface area contributed by atoms with Gasteiger partial charge in [0.2, 0.25) is 0 Å². The molecule has 0 radical (unpaired) electrons. The predicted molar refractivity (Wildman–Crippen MR) is 73.9 cm³/mol. The van der Waals surface area contributed by atoms with E-state index in [1.165, 1.54) is 23.1 Å². The van der Waals surface area contributed by atoms with Gasteiger partial charge >= 0.3 is 0 Å². The number of halogens is 2. The highest BCUT2D eigenvalue weighted by molar-refractivity contribution is 6.34. The Hall–Kier alpha value is -1.28. The minimum absolute atomic E-state index is 0.200. The van der Waals surface area contributed by atoms with Crippen LogP contribution in [0, 0.1) is 11.3 Å². The van der Waals surface area contributed by atoms with Crippen molar-refractivity contribution in [3.63, 3.8) is 0 Å². The molecule has 19 heavy (non-hydrogen) atoms. The zero-order valence-electron chi connectivity index (χ0n) is 10.6. The molecule has 2 unspecified atom stereocenters. The van der Waals surface area contributed by atoms with Crippen LogP contribution in [0.5, 0.6) is 0 Å². The van der Waals surface area contributed by atoms with Gasteiger partial charge in [0, 0.05) is 23.1 Å². The van der Waals surface area contributed by atoms with E-state index in [2.05, 4.69) is 0 Å². The molecule has 1 aromatic rings. The molecule has 0 aliphatic rings. The number of rotatable bonds is 4. The summed E-state index contributed by atoms with van der Waals surface area (Å²) < 4.78 is 0. The minimum Gasteiger partial charge on any atom is -0.378 e. The molecule has 1 rings (SSSR count). The minimum atomic E-state index is -1.35. The van der Waals surface area contributed by atoms with E-state index in [0.29, 0.717) is 15.6 Å². The van der Waals surface area contributed by atoms with Crippen LogP contribution in [0.1, 0.15) is 25.0 Å². The van der Waals surface area contributed by atoms with Gasteiger partial charge in [-0.15, -0.1) is 0 Å². The van der Waals surface area contributed by atoms with Crippen LogP contribution in [0.15, 0.2) is 18.2 Å².